The van der Waals surface area contributed by atoms with Gasteiger partial charge in [-0.3, -0.25) is 0 Å². The van der Waals surface area contributed by atoms with E-state index in [0.29, 0.717) is 19.8 Å². The number of phenolic OH excluding ortho intramolecular Hbond substituents is 1. The number of rotatable bonds is 3. The summed E-state index contributed by atoms with van der Waals surface area (Å²) in [5.74, 6) is -1.45. The molecule has 0 bridgehead atoms. The second-order valence-electron chi connectivity index (χ2n) is 5.45. The molecule has 6 N–H and O–H groups in total. The van der Waals surface area contributed by atoms with E-state index >= 15 is 0 Å². The van der Waals surface area contributed by atoms with Crippen molar-refractivity contribution < 1.29 is 39.8 Å². The molecule has 0 aliphatic carbocycles. The van der Waals surface area contributed by atoms with Gasteiger partial charge in [-0.1, -0.05) is 0 Å². The molecule has 9 nitrogen and oxygen atoms in total. The molecule has 1 aromatic carbocycles. The third kappa shape index (κ3) is 3.11. The van der Waals surface area contributed by atoms with Crippen LogP contribution in [0.4, 0.5) is 0 Å². The predicted octanol–water partition coefficient (Wildman–Crippen LogP) is 0.669. The van der Waals surface area contributed by atoms with Gasteiger partial charge in [0.15, 0.2) is 6.10 Å². The summed E-state index contributed by atoms with van der Waals surface area (Å²) in [4.78, 5) is 14.0. The maximum absolute atomic E-state index is 11.1. The van der Waals surface area contributed by atoms with Crippen LogP contribution in [0.25, 0.3) is 10.9 Å². The van der Waals surface area contributed by atoms with Crippen molar-refractivity contribution in [2.45, 2.75) is 30.7 Å². The molecule has 1 saturated heterocycles. The van der Waals surface area contributed by atoms with Gasteiger partial charge in [-0.15, -0.1) is 0 Å². The van der Waals surface area contributed by atoms with Gasteiger partial charge >= 0.3 is 5.97 Å². The number of benzene rings is 1. The van der Waals surface area contributed by atoms with E-state index in [9.17, 15) is 25.2 Å². The summed E-state index contributed by atoms with van der Waals surface area (Å²) in [7, 11) is 0. The van der Waals surface area contributed by atoms with Gasteiger partial charge < -0.3 is 40.0 Å². The summed E-state index contributed by atoms with van der Waals surface area (Å²) in [6, 6.07) is 1.60. The van der Waals surface area contributed by atoms with Gasteiger partial charge in [0.2, 0.25) is 6.29 Å². The normalized spacial score (nSPS) is 29.7. The van der Waals surface area contributed by atoms with Crippen molar-refractivity contribution in [3.05, 3.63) is 21.2 Å². The van der Waals surface area contributed by atoms with Crippen LogP contribution < -0.4 is 4.74 Å². The summed E-state index contributed by atoms with van der Waals surface area (Å²) in [5, 5.41) is 49.0. The number of aromatic hydroxyl groups is 1. The van der Waals surface area contributed by atoms with Crippen LogP contribution in [-0.2, 0) is 9.53 Å². The minimum atomic E-state index is -1.80. The van der Waals surface area contributed by atoms with Crippen molar-refractivity contribution in [3.63, 3.8) is 0 Å². The molecule has 1 fully saturated rings. The Kier molecular flexibility index (Phi) is 4.97. The average molecular weight is 483 g/mol. The molecule has 0 saturated carbocycles. The SMILES string of the molecule is O=C(O)[C@H]1O[C@@H](Oc2c[nH]c3cc(Br)c(O)c(Br)c23)[C@H](O)[C@@H](O)[C@@H]1O. The number of carbonyl (C=O) groups is 1. The smallest absolute Gasteiger partial charge is 0.335 e. The Labute approximate surface area is 157 Å². The third-order valence-corrected chi connectivity index (χ3v) is 5.23. The number of aromatic amines is 1. The van der Waals surface area contributed by atoms with E-state index in [4.69, 9.17) is 14.6 Å². The van der Waals surface area contributed by atoms with Crippen molar-refractivity contribution >= 4 is 48.7 Å². The molecule has 0 unspecified atom stereocenters. The van der Waals surface area contributed by atoms with Crippen LogP contribution in [0.3, 0.4) is 0 Å². The largest absolute Gasteiger partial charge is 0.506 e. The number of aromatic nitrogens is 1. The lowest BCUT2D eigenvalue weighted by Gasteiger charge is -2.38. The number of fused-ring (bicyclic) bond motifs is 1. The van der Waals surface area contributed by atoms with E-state index in [2.05, 4.69) is 36.8 Å². The van der Waals surface area contributed by atoms with Gasteiger partial charge in [0.1, 0.15) is 29.8 Å². The number of phenols is 1. The number of aliphatic hydroxyl groups excluding tert-OH is 3. The fraction of sp³-hybridized carbons (Fsp3) is 0.357. The predicted molar refractivity (Wildman–Crippen MR) is 90.3 cm³/mol. The standard InChI is InChI=1S/C14H13Br2NO8/c15-3-1-4-6(7(16)8(3)18)5(2-17-4)24-14-11(21)9(19)10(20)12(25-14)13(22)23/h1-2,9-12,14,17-21H,(H,22,23)/t9-,10-,11+,12-,14+/m0/s1. The van der Waals surface area contributed by atoms with E-state index < -0.39 is 36.7 Å². The third-order valence-electron chi connectivity index (χ3n) is 3.86. The molecule has 11 heteroatoms. The highest BCUT2D eigenvalue weighted by atomic mass is 79.9. The van der Waals surface area contributed by atoms with Crippen molar-refractivity contribution in [2.75, 3.05) is 0 Å². The second-order valence-corrected chi connectivity index (χ2v) is 7.10. The number of aliphatic carboxylic acids is 1. The molecule has 136 valence electrons. The first-order valence-corrected chi connectivity index (χ1v) is 8.58. The Balaban J connectivity index is 1.95. The fourth-order valence-corrected chi connectivity index (χ4v) is 3.86. The first-order chi connectivity index (χ1) is 11.7. The Morgan fingerprint density at radius 1 is 1.20 bits per heavy atom. The molecule has 1 aromatic heterocycles. The Bertz CT molecular complexity index is 825. The van der Waals surface area contributed by atoms with Crippen LogP contribution in [-0.4, -0.2) is 67.2 Å². The second kappa shape index (κ2) is 6.74. The summed E-state index contributed by atoms with van der Waals surface area (Å²) in [5.41, 5.74) is 0.576. The quantitative estimate of drug-likeness (QED) is 0.373. The molecule has 1 aliphatic rings. The molecule has 0 spiro atoms. The monoisotopic (exact) mass is 481 g/mol. The number of hydrogen-bond acceptors (Lipinski definition) is 7. The van der Waals surface area contributed by atoms with Gasteiger partial charge in [-0.25, -0.2) is 4.79 Å². The van der Waals surface area contributed by atoms with E-state index in [1.165, 1.54) is 6.20 Å². The van der Waals surface area contributed by atoms with Crippen molar-refractivity contribution in [2.24, 2.45) is 0 Å². The fourth-order valence-electron chi connectivity index (χ4n) is 2.55. The Morgan fingerprint density at radius 2 is 1.88 bits per heavy atom. The highest BCUT2D eigenvalue weighted by Gasteiger charge is 2.48. The number of halogens is 2. The maximum atomic E-state index is 11.1. The molecule has 0 amide bonds. The number of carboxylic acids is 1. The lowest BCUT2D eigenvalue weighted by Crippen LogP contribution is -2.61. The molecule has 3 rings (SSSR count). The van der Waals surface area contributed by atoms with E-state index in [0.717, 1.165) is 0 Å². The molecular weight excluding hydrogens is 470 g/mol. The van der Waals surface area contributed by atoms with Crippen molar-refractivity contribution in [3.8, 4) is 11.5 Å². The molecule has 5 atom stereocenters. The first-order valence-electron chi connectivity index (χ1n) is 6.99. The van der Waals surface area contributed by atoms with Crippen LogP contribution in [0.15, 0.2) is 21.2 Å². The Morgan fingerprint density at radius 3 is 2.52 bits per heavy atom. The van der Waals surface area contributed by atoms with E-state index in [1.54, 1.807) is 6.07 Å². The summed E-state index contributed by atoms with van der Waals surface area (Å²) < 4.78 is 11.3. The van der Waals surface area contributed by atoms with Crippen LogP contribution in [0, 0.1) is 0 Å². The molecule has 1 aliphatic heterocycles. The topological polar surface area (TPSA) is 152 Å². The van der Waals surface area contributed by atoms with E-state index in [-0.39, 0.29) is 11.5 Å². The molecular formula is C14H13Br2NO8. The van der Waals surface area contributed by atoms with Gasteiger partial charge in [0.25, 0.3) is 0 Å². The highest BCUT2D eigenvalue weighted by Crippen LogP contribution is 2.43. The number of H-pyrrole nitrogens is 1. The number of ether oxygens (including phenoxy) is 2. The van der Waals surface area contributed by atoms with Gasteiger partial charge in [0, 0.05) is 6.20 Å². The van der Waals surface area contributed by atoms with Crippen molar-refractivity contribution in [1.82, 2.24) is 4.98 Å². The van der Waals surface area contributed by atoms with Gasteiger partial charge in [-0.2, -0.15) is 0 Å². The van der Waals surface area contributed by atoms with E-state index in [1.807, 2.05) is 0 Å². The molecule has 2 heterocycles. The highest BCUT2D eigenvalue weighted by molar-refractivity contribution is 9.11. The number of hydrogen-bond donors (Lipinski definition) is 6. The van der Waals surface area contributed by atoms with Crippen LogP contribution in [0.2, 0.25) is 0 Å². The van der Waals surface area contributed by atoms with Crippen LogP contribution in [0.5, 0.6) is 11.5 Å². The molecule has 0 radical (unpaired) electrons. The lowest BCUT2D eigenvalue weighted by molar-refractivity contribution is -0.270. The zero-order valence-corrected chi connectivity index (χ0v) is 15.4. The van der Waals surface area contributed by atoms with Crippen LogP contribution in [0.1, 0.15) is 0 Å². The Hall–Kier alpha value is -1.37. The number of nitrogens with one attached hydrogen (secondary N) is 1. The lowest BCUT2D eigenvalue weighted by atomic mass is 9.99. The zero-order valence-electron chi connectivity index (χ0n) is 12.3. The maximum Gasteiger partial charge on any atom is 0.335 e. The first kappa shape index (κ1) is 18.4. The minimum Gasteiger partial charge on any atom is -0.506 e. The zero-order chi connectivity index (χ0) is 18.5. The van der Waals surface area contributed by atoms with Crippen molar-refractivity contribution in [1.29, 1.82) is 0 Å². The molecule has 25 heavy (non-hydrogen) atoms. The molecule has 2 aromatic rings. The number of carboxylic acid groups (broad SMARTS) is 1. The van der Waals surface area contributed by atoms with Gasteiger partial charge in [-0.05, 0) is 37.9 Å². The van der Waals surface area contributed by atoms with Gasteiger partial charge in [0.05, 0.1) is 19.8 Å². The summed E-state index contributed by atoms with van der Waals surface area (Å²) >= 11 is 6.42. The number of aliphatic hydroxyl groups is 3. The average Bonchev–Trinajstić information content (AvgIpc) is 2.95. The minimum absolute atomic E-state index is 0.0825. The van der Waals surface area contributed by atoms with Crippen LogP contribution >= 0.6 is 31.9 Å². The summed E-state index contributed by atoms with van der Waals surface area (Å²) in [6.07, 6.45) is -7.14. The summed E-state index contributed by atoms with van der Waals surface area (Å²) in [6.45, 7) is 0.